The molecule has 104 valence electrons. The van der Waals surface area contributed by atoms with Crippen molar-refractivity contribution < 1.29 is 14.5 Å². The van der Waals surface area contributed by atoms with Gasteiger partial charge in [0.2, 0.25) is 0 Å². The molecule has 8 nitrogen and oxygen atoms in total. The third-order valence-electron chi connectivity index (χ3n) is 2.94. The number of rotatable bonds is 3. The van der Waals surface area contributed by atoms with Crippen molar-refractivity contribution in [3.63, 3.8) is 0 Å². The van der Waals surface area contributed by atoms with Gasteiger partial charge in [-0.15, -0.1) is 0 Å². The molecule has 1 unspecified atom stereocenters. The highest BCUT2D eigenvalue weighted by atomic mass is 16.6. The summed E-state index contributed by atoms with van der Waals surface area (Å²) in [4.78, 5) is 37.9. The monoisotopic (exact) mass is 277 g/mol. The molecule has 2 rings (SSSR count). The van der Waals surface area contributed by atoms with E-state index in [2.05, 4.69) is 9.72 Å². The molecule has 1 aromatic carbocycles. The molecule has 0 aliphatic carbocycles. The molecule has 0 bridgehead atoms. The Labute approximate surface area is 112 Å². The molecule has 0 spiro atoms. The summed E-state index contributed by atoms with van der Waals surface area (Å²) >= 11 is 0. The van der Waals surface area contributed by atoms with Crippen molar-refractivity contribution in [2.24, 2.45) is 0 Å². The Balaban J connectivity index is 2.66. The van der Waals surface area contributed by atoms with E-state index in [0.717, 1.165) is 10.6 Å². The maximum atomic E-state index is 12.3. The Bertz CT molecular complexity index is 752. The number of non-ortho nitro benzene ring substituents is 1. The van der Waals surface area contributed by atoms with Crippen LogP contribution in [0.2, 0.25) is 0 Å². The topological polar surface area (TPSA) is 104 Å². The number of nitrogens with zero attached hydrogens (tertiary/aromatic N) is 3. The second kappa shape index (κ2) is 5.08. The average molecular weight is 277 g/mol. The number of aromatic nitrogens is 2. The first kappa shape index (κ1) is 13.7. The van der Waals surface area contributed by atoms with Gasteiger partial charge in [-0.25, -0.2) is 9.78 Å². The highest BCUT2D eigenvalue weighted by Gasteiger charge is 2.19. The quantitative estimate of drug-likeness (QED) is 0.471. The largest absolute Gasteiger partial charge is 0.467 e. The molecule has 1 heterocycles. The van der Waals surface area contributed by atoms with E-state index in [-0.39, 0.29) is 11.1 Å². The van der Waals surface area contributed by atoms with Crippen LogP contribution in [0.5, 0.6) is 0 Å². The molecule has 0 radical (unpaired) electrons. The number of hydrogen-bond acceptors (Lipinski definition) is 6. The van der Waals surface area contributed by atoms with Gasteiger partial charge in [0.15, 0.2) is 0 Å². The summed E-state index contributed by atoms with van der Waals surface area (Å²) in [7, 11) is 1.21. The van der Waals surface area contributed by atoms with Crippen LogP contribution >= 0.6 is 0 Å². The maximum absolute atomic E-state index is 12.3. The SMILES string of the molecule is COC(=O)C(C)n1cnc2ccc([N+](=O)[O-])cc2c1=O. The summed E-state index contributed by atoms with van der Waals surface area (Å²) < 4.78 is 5.64. The number of nitro groups is 1. The van der Waals surface area contributed by atoms with Crippen LogP contribution in [0.4, 0.5) is 5.69 Å². The summed E-state index contributed by atoms with van der Waals surface area (Å²) in [5.41, 5.74) is -0.412. The molecule has 1 atom stereocenters. The first-order valence-electron chi connectivity index (χ1n) is 5.69. The lowest BCUT2D eigenvalue weighted by atomic mass is 10.2. The van der Waals surface area contributed by atoms with Gasteiger partial charge in [-0.3, -0.25) is 19.5 Å². The van der Waals surface area contributed by atoms with E-state index in [4.69, 9.17) is 0 Å². The van der Waals surface area contributed by atoms with E-state index >= 15 is 0 Å². The Morgan fingerprint density at radius 2 is 2.20 bits per heavy atom. The van der Waals surface area contributed by atoms with Crippen LogP contribution in [-0.2, 0) is 9.53 Å². The molecule has 0 fully saturated rings. The number of fused-ring (bicyclic) bond motifs is 1. The summed E-state index contributed by atoms with van der Waals surface area (Å²) in [6.45, 7) is 1.48. The molecule has 1 aromatic heterocycles. The number of carbonyl (C=O) groups excluding carboxylic acids is 1. The Morgan fingerprint density at radius 1 is 1.50 bits per heavy atom. The molecule has 0 saturated carbocycles. The lowest BCUT2D eigenvalue weighted by Crippen LogP contribution is -2.29. The smallest absolute Gasteiger partial charge is 0.328 e. The second-order valence-electron chi connectivity index (χ2n) is 4.11. The number of nitro benzene ring substituents is 1. The van der Waals surface area contributed by atoms with Gasteiger partial charge in [0, 0.05) is 12.1 Å². The van der Waals surface area contributed by atoms with Gasteiger partial charge in [0.05, 0.1) is 29.3 Å². The van der Waals surface area contributed by atoms with Gasteiger partial charge in [0.25, 0.3) is 11.2 Å². The van der Waals surface area contributed by atoms with Crippen molar-refractivity contribution in [1.29, 1.82) is 0 Å². The zero-order valence-electron chi connectivity index (χ0n) is 10.8. The first-order chi connectivity index (χ1) is 9.45. The molecule has 0 aliphatic rings. The Morgan fingerprint density at radius 3 is 2.80 bits per heavy atom. The summed E-state index contributed by atoms with van der Waals surface area (Å²) in [6, 6.07) is 2.94. The lowest BCUT2D eigenvalue weighted by molar-refractivity contribution is -0.384. The van der Waals surface area contributed by atoms with Gasteiger partial charge >= 0.3 is 5.97 Å². The van der Waals surface area contributed by atoms with Crippen molar-refractivity contribution in [2.75, 3.05) is 7.11 Å². The molecule has 0 N–H and O–H groups in total. The number of ether oxygens (including phenoxy) is 1. The van der Waals surface area contributed by atoms with Crippen molar-refractivity contribution in [1.82, 2.24) is 9.55 Å². The zero-order valence-corrected chi connectivity index (χ0v) is 10.8. The molecule has 0 amide bonds. The minimum absolute atomic E-state index is 0.0810. The van der Waals surface area contributed by atoms with Gasteiger partial charge < -0.3 is 4.74 Å². The summed E-state index contributed by atoms with van der Waals surface area (Å²) in [5, 5.41) is 10.8. The Kier molecular flexibility index (Phi) is 3.47. The third-order valence-corrected chi connectivity index (χ3v) is 2.94. The van der Waals surface area contributed by atoms with E-state index in [1.54, 1.807) is 0 Å². The average Bonchev–Trinajstić information content (AvgIpc) is 2.45. The number of carbonyl (C=O) groups is 1. The fraction of sp³-hybridized carbons (Fsp3) is 0.250. The fourth-order valence-corrected chi connectivity index (χ4v) is 1.80. The third kappa shape index (κ3) is 2.22. The molecule has 0 saturated heterocycles. The second-order valence-corrected chi connectivity index (χ2v) is 4.11. The first-order valence-corrected chi connectivity index (χ1v) is 5.69. The standard InChI is InChI=1S/C12H11N3O5/c1-7(12(17)20-2)14-6-13-10-4-3-8(15(18)19)5-9(10)11(14)16/h3-7H,1-2H3. The van der Waals surface area contributed by atoms with Crippen LogP contribution in [0.15, 0.2) is 29.3 Å². The lowest BCUT2D eigenvalue weighted by Gasteiger charge is -2.12. The predicted octanol–water partition coefficient (Wildman–Crippen LogP) is 1.04. The zero-order chi connectivity index (χ0) is 14.9. The van der Waals surface area contributed by atoms with Crippen LogP contribution in [0.1, 0.15) is 13.0 Å². The summed E-state index contributed by atoms with van der Waals surface area (Å²) in [6.07, 6.45) is 1.22. The fourth-order valence-electron chi connectivity index (χ4n) is 1.80. The van der Waals surface area contributed by atoms with Gasteiger partial charge in [0.1, 0.15) is 6.04 Å². The molecule has 0 aliphatic heterocycles. The van der Waals surface area contributed by atoms with Crippen LogP contribution in [-0.4, -0.2) is 27.6 Å². The van der Waals surface area contributed by atoms with E-state index in [0.29, 0.717) is 5.52 Å². The highest BCUT2D eigenvalue weighted by Crippen LogP contribution is 2.17. The minimum Gasteiger partial charge on any atom is -0.467 e. The van der Waals surface area contributed by atoms with E-state index in [1.807, 2.05) is 0 Å². The van der Waals surface area contributed by atoms with Crippen molar-refractivity contribution in [2.45, 2.75) is 13.0 Å². The van der Waals surface area contributed by atoms with Gasteiger partial charge in [-0.2, -0.15) is 0 Å². The molecular formula is C12H11N3O5. The highest BCUT2D eigenvalue weighted by molar-refractivity contribution is 5.80. The predicted molar refractivity (Wildman–Crippen MR) is 69.4 cm³/mol. The van der Waals surface area contributed by atoms with Crippen LogP contribution < -0.4 is 5.56 Å². The maximum Gasteiger partial charge on any atom is 0.328 e. The van der Waals surface area contributed by atoms with Gasteiger partial charge in [-0.05, 0) is 13.0 Å². The normalized spacial score (nSPS) is 12.1. The van der Waals surface area contributed by atoms with Crippen molar-refractivity contribution in [3.05, 3.63) is 45.0 Å². The van der Waals surface area contributed by atoms with Crippen LogP contribution in [0.3, 0.4) is 0 Å². The van der Waals surface area contributed by atoms with Crippen molar-refractivity contribution >= 4 is 22.6 Å². The minimum atomic E-state index is -0.858. The Hall–Kier alpha value is -2.77. The van der Waals surface area contributed by atoms with Crippen LogP contribution in [0.25, 0.3) is 10.9 Å². The number of methoxy groups -OCH3 is 1. The molecule has 20 heavy (non-hydrogen) atoms. The van der Waals surface area contributed by atoms with Crippen LogP contribution in [0, 0.1) is 10.1 Å². The van der Waals surface area contributed by atoms with E-state index in [9.17, 15) is 19.7 Å². The molecule has 2 aromatic rings. The molecular weight excluding hydrogens is 266 g/mol. The number of benzene rings is 1. The van der Waals surface area contributed by atoms with Crippen molar-refractivity contribution in [3.8, 4) is 0 Å². The van der Waals surface area contributed by atoms with E-state index in [1.165, 1.54) is 32.5 Å². The number of hydrogen-bond donors (Lipinski definition) is 0. The molecule has 8 heteroatoms. The summed E-state index contributed by atoms with van der Waals surface area (Å²) in [5.74, 6) is -0.598. The van der Waals surface area contributed by atoms with E-state index < -0.39 is 22.5 Å². The van der Waals surface area contributed by atoms with Gasteiger partial charge in [-0.1, -0.05) is 0 Å². The number of esters is 1.